The summed E-state index contributed by atoms with van der Waals surface area (Å²) in [7, 11) is 0. The van der Waals surface area contributed by atoms with Gasteiger partial charge in [0.25, 0.3) is 0 Å². The lowest BCUT2D eigenvalue weighted by Gasteiger charge is -2.48. The molecule has 1 amide bonds. The molecule has 3 aliphatic rings. The Balaban J connectivity index is 1.47. The fraction of sp³-hybridized carbons (Fsp3) is 0.892. The number of amides is 1. The third-order valence-corrected chi connectivity index (χ3v) is 16.7. The Bertz CT molecular complexity index is 1670. The van der Waals surface area contributed by atoms with E-state index >= 15 is 0 Å². The zero-order valence-corrected chi connectivity index (χ0v) is 51.6. The molecular formula is C65H119NO18. The van der Waals surface area contributed by atoms with Gasteiger partial charge in [0.1, 0.15) is 73.2 Å². The van der Waals surface area contributed by atoms with Crippen LogP contribution < -0.4 is 5.32 Å². The second-order valence-electron chi connectivity index (χ2n) is 23.9. The van der Waals surface area contributed by atoms with E-state index < -0.39 is 124 Å². The monoisotopic (exact) mass is 1200 g/mol. The number of carbonyl (C=O) groups excluding carboxylic acids is 1. The Labute approximate surface area is 504 Å². The van der Waals surface area contributed by atoms with Crippen LogP contribution in [-0.2, 0) is 33.2 Å². The van der Waals surface area contributed by atoms with E-state index in [1.54, 1.807) is 6.08 Å². The Kier molecular flexibility index (Phi) is 43.5. The van der Waals surface area contributed by atoms with E-state index in [0.717, 1.165) is 44.9 Å². The van der Waals surface area contributed by atoms with Crippen LogP contribution in [0.3, 0.4) is 0 Å². The molecule has 492 valence electrons. The van der Waals surface area contributed by atoms with Gasteiger partial charge >= 0.3 is 0 Å². The molecule has 0 radical (unpaired) electrons. The molecule has 19 nitrogen and oxygen atoms in total. The summed E-state index contributed by atoms with van der Waals surface area (Å²) < 4.78 is 34.3. The minimum Gasteiger partial charge on any atom is -0.394 e. The molecule has 84 heavy (non-hydrogen) atoms. The Hall–Kier alpha value is -1.99. The lowest BCUT2D eigenvalue weighted by Crippen LogP contribution is -2.66. The van der Waals surface area contributed by atoms with Crippen molar-refractivity contribution in [1.82, 2.24) is 5.32 Å². The number of hydrogen-bond donors (Lipinski definition) is 12. The molecule has 17 atom stereocenters. The van der Waals surface area contributed by atoms with Gasteiger partial charge in [-0.05, 0) is 44.9 Å². The molecule has 0 aromatic heterocycles. The molecule has 0 saturated carbocycles. The van der Waals surface area contributed by atoms with Crippen molar-refractivity contribution in [3.63, 3.8) is 0 Å². The second-order valence-corrected chi connectivity index (χ2v) is 23.9. The predicted molar refractivity (Wildman–Crippen MR) is 323 cm³/mol. The summed E-state index contributed by atoms with van der Waals surface area (Å²) in [4.78, 5) is 13.3. The first kappa shape index (κ1) is 76.3. The number of carbonyl (C=O) groups is 1. The summed E-state index contributed by atoms with van der Waals surface area (Å²) in [6, 6.07) is -0.993. The lowest BCUT2D eigenvalue weighted by molar-refractivity contribution is -0.379. The number of aliphatic hydroxyl groups is 11. The third-order valence-electron chi connectivity index (χ3n) is 16.7. The molecule has 3 saturated heterocycles. The molecule has 19 heteroatoms. The van der Waals surface area contributed by atoms with Crippen molar-refractivity contribution in [2.75, 3.05) is 26.4 Å². The van der Waals surface area contributed by atoms with Crippen molar-refractivity contribution >= 4 is 5.91 Å². The summed E-state index contributed by atoms with van der Waals surface area (Å²) in [6.07, 6.45) is 27.0. The van der Waals surface area contributed by atoms with Gasteiger partial charge in [-0.15, -0.1) is 0 Å². The molecular weight excluding hydrogens is 1080 g/mol. The summed E-state index contributed by atoms with van der Waals surface area (Å²) in [5.74, 6) is -0.288. The van der Waals surface area contributed by atoms with E-state index in [1.165, 1.54) is 161 Å². The average molecular weight is 1200 g/mol. The number of ether oxygens (including phenoxy) is 6. The zero-order chi connectivity index (χ0) is 61.2. The highest BCUT2D eigenvalue weighted by atomic mass is 16.8. The van der Waals surface area contributed by atoms with Crippen LogP contribution in [0, 0.1) is 0 Å². The van der Waals surface area contributed by atoms with Crippen LogP contribution in [0.25, 0.3) is 0 Å². The Morgan fingerprint density at radius 1 is 0.417 bits per heavy atom. The minimum atomic E-state index is -1.98. The van der Waals surface area contributed by atoms with E-state index in [-0.39, 0.29) is 18.9 Å². The fourth-order valence-corrected chi connectivity index (χ4v) is 11.2. The summed E-state index contributed by atoms with van der Waals surface area (Å²) in [5, 5.41) is 120. The number of rotatable bonds is 50. The maximum absolute atomic E-state index is 13.3. The zero-order valence-electron chi connectivity index (χ0n) is 51.6. The van der Waals surface area contributed by atoms with Crippen LogP contribution in [0.2, 0.25) is 0 Å². The van der Waals surface area contributed by atoms with Crippen LogP contribution in [0.5, 0.6) is 0 Å². The van der Waals surface area contributed by atoms with Crippen LogP contribution in [0.4, 0.5) is 0 Å². The molecule has 12 N–H and O–H groups in total. The normalized spacial score (nSPS) is 29.4. The molecule has 0 spiro atoms. The number of hydrogen-bond acceptors (Lipinski definition) is 18. The number of nitrogens with one attached hydrogen (secondary N) is 1. The van der Waals surface area contributed by atoms with Crippen molar-refractivity contribution < 1.29 is 89.4 Å². The van der Waals surface area contributed by atoms with Crippen LogP contribution in [0.15, 0.2) is 36.5 Å². The van der Waals surface area contributed by atoms with Gasteiger partial charge in [0, 0.05) is 6.42 Å². The quantitative estimate of drug-likeness (QED) is 0.0205. The van der Waals surface area contributed by atoms with Gasteiger partial charge in [-0.3, -0.25) is 4.79 Å². The van der Waals surface area contributed by atoms with Gasteiger partial charge in [-0.2, -0.15) is 0 Å². The maximum Gasteiger partial charge on any atom is 0.220 e. The van der Waals surface area contributed by atoms with Crippen molar-refractivity contribution in [2.24, 2.45) is 0 Å². The average Bonchev–Trinajstić information content (AvgIpc) is 2.54. The Morgan fingerprint density at radius 2 is 0.762 bits per heavy atom. The highest BCUT2D eigenvalue weighted by molar-refractivity contribution is 5.76. The number of unbranched alkanes of at least 4 members (excludes halogenated alkanes) is 30. The molecule has 3 fully saturated rings. The van der Waals surface area contributed by atoms with E-state index in [0.29, 0.717) is 12.8 Å². The molecule has 0 aliphatic carbocycles. The van der Waals surface area contributed by atoms with Gasteiger partial charge in [-0.25, -0.2) is 0 Å². The highest BCUT2D eigenvalue weighted by Crippen LogP contribution is 2.33. The minimum absolute atomic E-state index is 0.235. The molecule has 3 heterocycles. The molecule has 0 aromatic rings. The largest absolute Gasteiger partial charge is 0.394 e. The van der Waals surface area contributed by atoms with E-state index in [1.807, 2.05) is 6.08 Å². The van der Waals surface area contributed by atoms with Crippen molar-refractivity contribution in [1.29, 1.82) is 0 Å². The highest BCUT2D eigenvalue weighted by Gasteiger charge is 2.53. The van der Waals surface area contributed by atoms with Gasteiger partial charge in [0.15, 0.2) is 18.9 Å². The fourth-order valence-electron chi connectivity index (χ4n) is 11.2. The van der Waals surface area contributed by atoms with Crippen LogP contribution in [0.1, 0.15) is 239 Å². The summed E-state index contributed by atoms with van der Waals surface area (Å²) in [6.45, 7) is 1.71. The Morgan fingerprint density at radius 3 is 1.19 bits per heavy atom. The van der Waals surface area contributed by atoms with Crippen molar-refractivity contribution in [3.8, 4) is 0 Å². The number of aliphatic hydroxyl groups excluding tert-OH is 11. The van der Waals surface area contributed by atoms with Crippen molar-refractivity contribution in [3.05, 3.63) is 36.5 Å². The van der Waals surface area contributed by atoms with Gasteiger partial charge in [0.2, 0.25) is 5.91 Å². The van der Waals surface area contributed by atoms with E-state index in [4.69, 9.17) is 28.4 Å². The molecule has 3 aliphatic heterocycles. The van der Waals surface area contributed by atoms with Gasteiger partial charge in [-0.1, -0.05) is 224 Å². The van der Waals surface area contributed by atoms with Crippen molar-refractivity contribution in [2.45, 2.75) is 343 Å². The molecule has 17 unspecified atom stereocenters. The van der Waals surface area contributed by atoms with E-state index in [2.05, 4.69) is 43.5 Å². The second kappa shape index (κ2) is 47.9. The standard InChI is InChI=1S/C65H119NO18/c1-3-5-7-9-11-13-15-17-19-20-21-22-23-24-25-26-27-28-29-30-32-34-36-38-40-42-49(70)48(66-53(71)43-41-39-37-35-33-31-18-16-14-12-10-8-6-4-2)47-79-63-59(77)56(74)61(51(45-68)81-63)84-65-60(78)57(75)62(52(46-69)82-65)83-64-58(76)55(73)54(72)50(44-67)80-64/h27-28,32,34,40,42,48-52,54-65,67-70,72-78H,3-26,29-31,33,35-39,41,43-47H2,1-2H3,(H,66,71)/b28-27+,34-32+,42-40+. The SMILES string of the molecule is CCCCCCCCCCCCCCCCC/C=C/CC/C=C/CC/C=C/C(O)C(COC1OC(CO)C(OC2OC(CO)C(OC3OC(CO)C(O)C(O)C3O)C(O)C2O)C(O)C1O)NC(=O)CCCCCCCCCCCCCCCC. The maximum atomic E-state index is 13.3. The lowest BCUT2D eigenvalue weighted by atomic mass is 9.96. The first-order valence-electron chi connectivity index (χ1n) is 33.2. The van der Waals surface area contributed by atoms with Crippen LogP contribution in [-0.4, -0.2) is 193 Å². The first-order chi connectivity index (χ1) is 40.8. The smallest absolute Gasteiger partial charge is 0.220 e. The molecule has 0 aromatic carbocycles. The topological polar surface area (TPSA) is 307 Å². The summed E-state index contributed by atoms with van der Waals surface area (Å²) >= 11 is 0. The third kappa shape index (κ3) is 30.5. The molecule has 3 rings (SSSR count). The predicted octanol–water partition coefficient (Wildman–Crippen LogP) is 7.66. The van der Waals surface area contributed by atoms with Gasteiger partial charge in [0.05, 0.1) is 38.6 Å². The number of allylic oxidation sites excluding steroid dienone is 5. The van der Waals surface area contributed by atoms with Crippen LogP contribution >= 0.6 is 0 Å². The first-order valence-corrected chi connectivity index (χ1v) is 33.2. The molecule has 0 bridgehead atoms. The summed E-state index contributed by atoms with van der Waals surface area (Å²) in [5.41, 5.74) is 0. The van der Waals surface area contributed by atoms with Gasteiger partial charge < -0.3 is 89.9 Å². The van der Waals surface area contributed by atoms with E-state index in [9.17, 15) is 61.0 Å².